The minimum Gasteiger partial charge on any atom is -0.383 e. The summed E-state index contributed by atoms with van der Waals surface area (Å²) in [6.07, 6.45) is 6.03. The molecule has 0 saturated carbocycles. The van der Waals surface area contributed by atoms with Gasteiger partial charge in [0.2, 0.25) is 0 Å². The molecular formula is C15H19N5OS. The van der Waals surface area contributed by atoms with Crippen molar-refractivity contribution in [3.8, 4) is 17.5 Å². The first-order valence-corrected chi connectivity index (χ1v) is 8.17. The van der Waals surface area contributed by atoms with E-state index < -0.39 is 0 Å². The summed E-state index contributed by atoms with van der Waals surface area (Å²) in [6, 6.07) is 6.02. The smallest absolute Gasteiger partial charge is 0.191 e. The molecule has 0 atom stereocenters. The Morgan fingerprint density at radius 2 is 2.09 bits per heavy atom. The number of unbranched alkanes of at least 4 members (excludes halogenated alkanes) is 2. The molecule has 0 aliphatic carbocycles. The summed E-state index contributed by atoms with van der Waals surface area (Å²) in [4.78, 5) is 4.03. The van der Waals surface area contributed by atoms with Gasteiger partial charge in [-0.25, -0.2) is 0 Å². The van der Waals surface area contributed by atoms with Gasteiger partial charge in [0.15, 0.2) is 11.0 Å². The van der Waals surface area contributed by atoms with Crippen LogP contribution in [0.1, 0.15) is 19.3 Å². The highest BCUT2D eigenvalue weighted by molar-refractivity contribution is 7.99. The molecular weight excluding hydrogens is 298 g/mol. The summed E-state index contributed by atoms with van der Waals surface area (Å²) < 4.78 is 7.26. The molecule has 0 fully saturated rings. The number of aromatic nitrogens is 4. The average molecular weight is 317 g/mol. The summed E-state index contributed by atoms with van der Waals surface area (Å²) in [7, 11) is 1.69. The van der Waals surface area contributed by atoms with E-state index in [0.717, 1.165) is 35.1 Å². The third-order valence-corrected chi connectivity index (χ3v) is 4.14. The van der Waals surface area contributed by atoms with Crippen LogP contribution in [0.4, 0.5) is 0 Å². The van der Waals surface area contributed by atoms with Gasteiger partial charge in [-0.05, 0) is 25.0 Å². The number of hydrogen-bond acceptors (Lipinski definition) is 6. The Morgan fingerprint density at radius 1 is 1.27 bits per heavy atom. The lowest BCUT2D eigenvalue weighted by Crippen LogP contribution is -2.07. The zero-order valence-corrected chi connectivity index (χ0v) is 13.4. The lowest BCUT2D eigenvalue weighted by Gasteiger charge is -2.09. The van der Waals surface area contributed by atoms with Gasteiger partial charge in [-0.3, -0.25) is 9.55 Å². The van der Waals surface area contributed by atoms with Crippen molar-refractivity contribution in [3.05, 3.63) is 24.5 Å². The quantitative estimate of drug-likeness (QED) is 0.523. The van der Waals surface area contributed by atoms with E-state index in [1.807, 2.05) is 12.1 Å². The molecule has 2 aromatic heterocycles. The Balaban J connectivity index is 2.09. The zero-order valence-electron chi connectivity index (χ0n) is 12.6. The lowest BCUT2D eigenvalue weighted by molar-refractivity contribution is 0.185. The van der Waals surface area contributed by atoms with Crippen molar-refractivity contribution in [1.82, 2.24) is 19.7 Å². The highest BCUT2D eigenvalue weighted by Crippen LogP contribution is 2.24. The maximum Gasteiger partial charge on any atom is 0.191 e. The third-order valence-electron chi connectivity index (χ3n) is 3.09. The number of pyridine rings is 1. The molecule has 0 aromatic carbocycles. The molecule has 0 aliphatic rings. The summed E-state index contributed by atoms with van der Waals surface area (Å²) in [5, 5.41) is 18.0. The van der Waals surface area contributed by atoms with Crippen molar-refractivity contribution in [2.45, 2.75) is 31.0 Å². The highest BCUT2D eigenvalue weighted by Gasteiger charge is 2.13. The minimum absolute atomic E-state index is 0.609. The topological polar surface area (TPSA) is 76.6 Å². The molecule has 0 spiro atoms. The van der Waals surface area contributed by atoms with Crippen LogP contribution in [0.25, 0.3) is 11.4 Å². The summed E-state index contributed by atoms with van der Waals surface area (Å²) in [6.45, 7) is 1.32. The van der Waals surface area contributed by atoms with E-state index in [-0.39, 0.29) is 0 Å². The Bertz CT molecular complexity index is 608. The van der Waals surface area contributed by atoms with Crippen LogP contribution in [0.15, 0.2) is 29.7 Å². The largest absolute Gasteiger partial charge is 0.383 e. The van der Waals surface area contributed by atoms with E-state index in [1.165, 1.54) is 0 Å². The summed E-state index contributed by atoms with van der Waals surface area (Å²) in [5.41, 5.74) is 0.995. The van der Waals surface area contributed by atoms with Gasteiger partial charge < -0.3 is 4.74 Å². The Morgan fingerprint density at radius 3 is 2.82 bits per heavy atom. The van der Waals surface area contributed by atoms with Crippen molar-refractivity contribution in [3.63, 3.8) is 0 Å². The normalized spacial score (nSPS) is 10.5. The van der Waals surface area contributed by atoms with Crippen molar-refractivity contribution in [2.75, 3.05) is 19.5 Å². The number of rotatable bonds is 9. The van der Waals surface area contributed by atoms with Gasteiger partial charge in [-0.2, -0.15) is 5.26 Å². The van der Waals surface area contributed by atoms with Crippen LogP contribution in [0.5, 0.6) is 0 Å². The molecule has 0 saturated heterocycles. The predicted octanol–water partition coefficient (Wildman–Crippen LogP) is 2.77. The van der Waals surface area contributed by atoms with Crippen LogP contribution < -0.4 is 0 Å². The zero-order chi connectivity index (χ0) is 15.6. The van der Waals surface area contributed by atoms with Crippen LogP contribution in [0.2, 0.25) is 0 Å². The third kappa shape index (κ3) is 4.55. The van der Waals surface area contributed by atoms with E-state index in [4.69, 9.17) is 10.00 Å². The maximum absolute atomic E-state index is 8.55. The van der Waals surface area contributed by atoms with E-state index in [1.54, 1.807) is 31.3 Å². The fraction of sp³-hybridized carbons (Fsp3) is 0.467. The Hall–Kier alpha value is -1.91. The molecule has 2 aromatic rings. The fourth-order valence-corrected chi connectivity index (χ4v) is 2.93. The van der Waals surface area contributed by atoms with Gasteiger partial charge in [-0.1, -0.05) is 11.8 Å². The van der Waals surface area contributed by atoms with Crippen molar-refractivity contribution in [2.24, 2.45) is 0 Å². The van der Waals surface area contributed by atoms with Crippen LogP contribution >= 0.6 is 11.8 Å². The van der Waals surface area contributed by atoms with Gasteiger partial charge >= 0.3 is 0 Å². The number of hydrogen-bond donors (Lipinski definition) is 0. The van der Waals surface area contributed by atoms with Gasteiger partial charge in [-0.15, -0.1) is 10.2 Å². The summed E-state index contributed by atoms with van der Waals surface area (Å²) >= 11 is 1.67. The second-order valence-corrected chi connectivity index (χ2v) is 5.71. The van der Waals surface area contributed by atoms with E-state index in [9.17, 15) is 0 Å². The molecule has 0 bridgehead atoms. The number of methoxy groups -OCH3 is 1. The molecule has 0 aliphatic heterocycles. The van der Waals surface area contributed by atoms with Crippen molar-refractivity contribution < 1.29 is 4.74 Å². The monoisotopic (exact) mass is 317 g/mol. The molecule has 22 heavy (non-hydrogen) atoms. The van der Waals surface area contributed by atoms with Crippen LogP contribution in [0, 0.1) is 11.3 Å². The predicted molar refractivity (Wildman–Crippen MR) is 85.3 cm³/mol. The van der Waals surface area contributed by atoms with Crippen LogP contribution in [-0.2, 0) is 11.3 Å². The maximum atomic E-state index is 8.55. The van der Waals surface area contributed by atoms with E-state index in [0.29, 0.717) is 19.6 Å². The van der Waals surface area contributed by atoms with Crippen LogP contribution in [0.3, 0.4) is 0 Å². The van der Waals surface area contributed by atoms with Crippen molar-refractivity contribution in [1.29, 1.82) is 5.26 Å². The average Bonchev–Trinajstić information content (AvgIpc) is 2.96. The fourth-order valence-electron chi connectivity index (χ4n) is 1.96. The Kier molecular flexibility index (Phi) is 6.87. The molecule has 0 unspecified atom stereocenters. The standard InChI is InChI=1S/C15H19N5OS/c1-21-11-10-20-14(13-5-8-17-9-6-13)18-19-15(20)22-12-4-2-3-7-16/h5-6,8-9H,2-4,10-12H2,1H3. The minimum atomic E-state index is 0.609. The molecule has 7 heteroatoms. The Labute approximate surface area is 134 Å². The molecule has 116 valence electrons. The first-order chi connectivity index (χ1) is 10.9. The van der Waals surface area contributed by atoms with Gasteiger partial charge in [0, 0.05) is 37.2 Å². The van der Waals surface area contributed by atoms with Gasteiger partial charge in [0.25, 0.3) is 0 Å². The molecule has 0 amide bonds. The highest BCUT2D eigenvalue weighted by atomic mass is 32.2. The SMILES string of the molecule is COCCn1c(SCCCCC#N)nnc1-c1ccncc1. The van der Waals surface area contributed by atoms with Crippen LogP contribution in [-0.4, -0.2) is 39.2 Å². The van der Waals surface area contributed by atoms with Crippen molar-refractivity contribution >= 4 is 11.8 Å². The molecule has 0 N–H and O–H groups in total. The van der Waals surface area contributed by atoms with Gasteiger partial charge in [0.1, 0.15) is 0 Å². The first-order valence-electron chi connectivity index (χ1n) is 7.19. The molecule has 6 nitrogen and oxygen atoms in total. The number of nitrogens with zero attached hydrogens (tertiary/aromatic N) is 5. The summed E-state index contributed by atoms with van der Waals surface area (Å²) in [5.74, 6) is 1.77. The second kappa shape index (κ2) is 9.18. The number of nitriles is 1. The van der Waals surface area contributed by atoms with Gasteiger partial charge in [0.05, 0.1) is 19.2 Å². The molecule has 2 rings (SSSR count). The molecule has 2 heterocycles. The van der Waals surface area contributed by atoms with E-state index in [2.05, 4.69) is 25.8 Å². The lowest BCUT2D eigenvalue weighted by atomic mass is 10.2. The number of thioether (sulfide) groups is 1. The second-order valence-electron chi connectivity index (χ2n) is 4.65. The van der Waals surface area contributed by atoms with E-state index >= 15 is 0 Å². The first kappa shape index (κ1) is 16.5. The molecule has 0 radical (unpaired) electrons. The number of ether oxygens (including phenoxy) is 1.